The molecule has 1 aliphatic rings. The molecule has 2 aromatic rings. The van der Waals surface area contributed by atoms with Gasteiger partial charge in [-0.2, -0.15) is 0 Å². The number of hydrogen-bond donors (Lipinski definition) is 1. The van der Waals surface area contributed by atoms with Gasteiger partial charge in [-0.15, -0.1) is 0 Å². The van der Waals surface area contributed by atoms with Crippen LogP contribution in [0.2, 0.25) is 0 Å². The van der Waals surface area contributed by atoms with Gasteiger partial charge in [0, 0.05) is 12.5 Å². The normalized spacial score (nSPS) is 17.1. The lowest BCUT2D eigenvalue weighted by molar-refractivity contribution is 0.414. The Balaban J connectivity index is 2.06. The molecule has 2 N–H and O–H groups in total. The summed E-state index contributed by atoms with van der Waals surface area (Å²) in [6.45, 7) is 0.928. The minimum Gasteiger partial charge on any atom is -0.497 e. The largest absolute Gasteiger partial charge is 0.497 e. The molecule has 6 heteroatoms. The molecule has 5 nitrogen and oxygen atoms in total. The summed E-state index contributed by atoms with van der Waals surface area (Å²) < 4.78 is 32.7. The molecule has 0 radical (unpaired) electrons. The van der Waals surface area contributed by atoms with Crippen LogP contribution in [0.4, 0.5) is 5.69 Å². The summed E-state index contributed by atoms with van der Waals surface area (Å²) in [5.41, 5.74) is 7.40. The first-order chi connectivity index (χ1) is 11.1. The highest BCUT2D eigenvalue weighted by Crippen LogP contribution is 2.42. The molecule has 122 valence electrons. The Hall–Kier alpha value is -2.05. The van der Waals surface area contributed by atoms with E-state index >= 15 is 0 Å². The SMILES string of the molecule is COc1ccc2c(c1)C(CCN)CN2S(=O)(=O)c1ccccc1. The second-order valence-electron chi connectivity index (χ2n) is 5.55. The molecule has 0 fully saturated rings. The smallest absolute Gasteiger partial charge is 0.264 e. The van der Waals surface area contributed by atoms with Crippen LogP contribution in [0, 0.1) is 0 Å². The summed E-state index contributed by atoms with van der Waals surface area (Å²) >= 11 is 0. The minimum absolute atomic E-state index is 0.0867. The van der Waals surface area contributed by atoms with Crippen LogP contribution in [-0.2, 0) is 10.0 Å². The number of rotatable bonds is 5. The van der Waals surface area contributed by atoms with Crippen molar-refractivity contribution >= 4 is 15.7 Å². The van der Waals surface area contributed by atoms with Gasteiger partial charge in [0.2, 0.25) is 0 Å². The van der Waals surface area contributed by atoms with Crippen LogP contribution >= 0.6 is 0 Å². The van der Waals surface area contributed by atoms with E-state index in [4.69, 9.17) is 10.5 Å². The zero-order valence-electron chi connectivity index (χ0n) is 13.0. The van der Waals surface area contributed by atoms with Crippen molar-refractivity contribution in [2.24, 2.45) is 5.73 Å². The average molecular weight is 332 g/mol. The number of anilines is 1. The van der Waals surface area contributed by atoms with E-state index in [1.807, 2.05) is 12.1 Å². The van der Waals surface area contributed by atoms with Crippen molar-refractivity contribution < 1.29 is 13.2 Å². The molecule has 1 unspecified atom stereocenters. The Bertz CT molecular complexity index is 791. The van der Waals surface area contributed by atoms with Crippen LogP contribution < -0.4 is 14.8 Å². The molecule has 0 saturated carbocycles. The lowest BCUT2D eigenvalue weighted by Crippen LogP contribution is -2.30. The predicted molar refractivity (Wildman–Crippen MR) is 90.4 cm³/mol. The van der Waals surface area contributed by atoms with Crippen molar-refractivity contribution in [2.45, 2.75) is 17.2 Å². The Morgan fingerprint density at radius 3 is 2.61 bits per heavy atom. The number of sulfonamides is 1. The molecule has 0 aromatic heterocycles. The molecular weight excluding hydrogens is 312 g/mol. The van der Waals surface area contributed by atoms with E-state index in [1.54, 1.807) is 43.5 Å². The average Bonchev–Trinajstić information content (AvgIpc) is 2.94. The molecule has 0 aliphatic carbocycles. The monoisotopic (exact) mass is 332 g/mol. The van der Waals surface area contributed by atoms with Gasteiger partial charge in [0.1, 0.15) is 5.75 Å². The summed E-state index contributed by atoms with van der Waals surface area (Å²) in [6, 6.07) is 14.0. The first-order valence-electron chi connectivity index (χ1n) is 7.53. The van der Waals surface area contributed by atoms with E-state index in [-0.39, 0.29) is 5.92 Å². The van der Waals surface area contributed by atoms with Gasteiger partial charge in [0.25, 0.3) is 10.0 Å². The Morgan fingerprint density at radius 1 is 1.22 bits per heavy atom. The van der Waals surface area contributed by atoms with Gasteiger partial charge in [-0.3, -0.25) is 4.31 Å². The predicted octanol–water partition coefficient (Wildman–Crippen LogP) is 2.34. The molecule has 0 saturated heterocycles. The van der Waals surface area contributed by atoms with Crippen molar-refractivity contribution in [3.05, 3.63) is 54.1 Å². The summed E-state index contributed by atoms with van der Waals surface area (Å²) in [5, 5.41) is 0. The summed E-state index contributed by atoms with van der Waals surface area (Å²) in [5.74, 6) is 0.813. The highest BCUT2D eigenvalue weighted by Gasteiger charge is 2.36. The van der Waals surface area contributed by atoms with Crippen molar-refractivity contribution in [3.63, 3.8) is 0 Å². The number of fused-ring (bicyclic) bond motifs is 1. The van der Waals surface area contributed by atoms with E-state index in [2.05, 4.69) is 0 Å². The molecule has 23 heavy (non-hydrogen) atoms. The third kappa shape index (κ3) is 2.80. The van der Waals surface area contributed by atoms with E-state index in [9.17, 15) is 8.42 Å². The van der Waals surface area contributed by atoms with E-state index in [1.165, 1.54) is 4.31 Å². The fraction of sp³-hybridized carbons (Fsp3) is 0.294. The van der Waals surface area contributed by atoms with Crippen molar-refractivity contribution in [1.29, 1.82) is 0 Å². The van der Waals surface area contributed by atoms with E-state index in [0.29, 0.717) is 23.7 Å². The molecular formula is C17H20N2O3S. The maximum Gasteiger partial charge on any atom is 0.264 e. The van der Waals surface area contributed by atoms with Gasteiger partial charge in [0.05, 0.1) is 17.7 Å². The number of nitrogens with two attached hydrogens (primary N) is 1. The third-order valence-corrected chi connectivity index (χ3v) is 5.97. The Kier molecular flexibility index (Phi) is 4.28. The van der Waals surface area contributed by atoms with E-state index in [0.717, 1.165) is 17.7 Å². The van der Waals surface area contributed by atoms with Gasteiger partial charge >= 0.3 is 0 Å². The number of methoxy groups -OCH3 is 1. The first kappa shape index (κ1) is 15.8. The summed E-state index contributed by atoms with van der Waals surface area (Å²) in [7, 11) is -1.97. The fourth-order valence-corrected chi connectivity index (χ4v) is 4.56. The summed E-state index contributed by atoms with van der Waals surface area (Å²) in [6.07, 6.45) is 0.737. The van der Waals surface area contributed by atoms with Crippen LogP contribution in [-0.4, -0.2) is 28.6 Å². The second kappa shape index (κ2) is 6.22. The Morgan fingerprint density at radius 2 is 1.96 bits per heavy atom. The highest BCUT2D eigenvalue weighted by molar-refractivity contribution is 7.92. The molecule has 0 bridgehead atoms. The minimum atomic E-state index is -3.57. The number of ether oxygens (including phenoxy) is 1. The zero-order valence-corrected chi connectivity index (χ0v) is 13.8. The van der Waals surface area contributed by atoms with Crippen LogP contribution in [0.15, 0.2) is 53.4 Å². The van der Waals surface area contributed by atoms with Crippen LogP contribution in [0.5, 0.6) is 5.75 Å². The highest BCUT2D eigenvalue weighted by atomic mass is 32.2. The molecule has 3 rings (SSSR count). The molecule has 1 aliphatic heterocycles. The first-order valence-corrected chi connectivity index (χ1v) is 8.97. The zero-order chi connectivity index (χ0) is 16.4. The number of nitrogens with zero attached hydrogens (tertiary/aromatic N) is 1. The van der Waals surface area contributed by atoms with Gasteiger partial charge in [-0.05, 0) is 48.9 Å². The lowest BCUT2D eigenvalue weighted by atomic mass is 9.98. The van der Waals surface area contributed by atoms with Crippen LogP contribution in [0.1, 0.15) is 17.9 Å². The van der Waals surface area contributed by atoms with Crippen LogP contribution in [0.25, 0.3) is 0 Å². The van der Waals surface area contributed by atoms with Gasteiger partial charge in [-0.1, -0.05) is 18.2 Å². The number of hydrogen-bond acceptors (Lipinski definition) is 4. The van der Waals surface area contributed by atoms with Gasteiger partial charge in [-0.25, -0.2) is 8.42 Å². The fourth-order valence-electron chi connectivity index (χ4n) is 3.01. The maximum absolute atomic E-state index is 13.0. The van der Waals surface area contributed by atoms with Crippen molar-refractivity contribution in [3.8, 4) is 5.75 Å². The van der Waals surface area contributed by atoms with Crippen molar-refractivity contribution in [2.75, 3.05) is 24.5 Å². The molecule has 1 heterocycles. The van der Waals surface area contributed by atoms with Gasteiger partial charge < -0.3 is 10.5 Å². The van der Waals surface area contributed by atoms with Crippen molar-refractivity contribution in [1.82, 2.24) is 0 Å². The maximum atomic E-state index is 13.0. The molecule has 0 spiro atoms. The summed E-state index contributed by atoms with van der Waals surface area (Å²) in [4.78, 5) is 0.301. The third-order valence-electron chi connectivity index (χ3n) is 4.18. The van der Waals surface area contributed by atoms with Crippen LogP contribution in [0.3, 0.4) is 0 Å². The number of benzene rings is 2. The molecule has 1 atom stereocenters. The van der Waals surface area contributed by atoms with Gasteiger partial charge in [0.15, 0.2) is 0 Å². The topological polar surface area (TPSA) is 72.6 Å². The lowest BCUT2D eigenvalue weighted by Gasteiger charge is -2.20. The Labute approximate surface area is 136 Å². The second-order valence-corrected chi connectivity index (χ2v) is 7.41. The quantitative estimate of drug-likeness (QED) is 0.912. The molecule has 2 aromatic carbocycles. The molecule has 0 amide bonds. The standard InChI is InChI=1S/C17H20N2O3S/c1-22-14-7-8-17-16(11-14)13(9-10-18)12-19(17)23(20,21)15-5-3-2-4-6-15/h2-8,11,13H,9-10,12,18H2,1H3. The van der Waals surface area contributed by atoms with E-state index < -0.39 is 10.0 Å².